The normalized spacial score (nSPS) is 13.8. The number of fused-ring (bicyclic) bond motifs is 1. The molecule has 3 N–H and O–H groups in total. The molecular weight excluding hydrogens is 288 g/mol. The second-order valence-electron chi connectivity index (χ2n) is 5.36. The quantitative estimate of drug-likeness (QED) is 0.757. The van der Waals surface area contributed by atoms with Crippen molar-refractivity contribution in [2.24, 2.45) is 0 Å². The summed E-state index contributed by atoms with van der Waals surface area (Å²) in [4.78, 5) is 22.9. The summed E-state index contributed by atoms with van der Waals surface area (Å²) >= 11 is 0. The molecule has 0 saturated heterocycles. The minimum atomic E-state index is -1.35. The number of carbonyl (C=O) groups excluding carboxylic acids is 1. The van der Waals surface area contributed by atoms with Gasteiger partial charge in [-0.05, 0) is 44.0 Å². The van der Waals surface area contributed by atoms with Gasteiger partial charge in [-0.3, -0.25) is 4.79 Å². The van der Waals surface area contributed by atoms with Crippen molar-refractivity contribution in [3.8, 4) is 0 Å². The van der Waals surface area contributed by atoms with Gasteiger partial charge >= 0.3 is 5.97 Å². The zero-order valence-electron chi connectivity index (χ0n) is 12.6. The van der Waals surface area contributed by atoms with Crippen molar-refractivity contribution in [3.63, 3.8) is 0 Å². The molecule has 0 aliphatic rings. The molecule has 1 amide bonds. The van der Waals surface area contributed by atoms with Gasteiger partial charge in [-0.25, -0.2) is 4.79 Å². The minimum absolute atomic E-state index is 0.119. The van der Waals surface area contributed by atoms with Crippen LogP contribution in [0.5, 0.6) is 0 Å². The highest BCUT2D eigenvalue weighted by molar-refractivity contribution is 5.89. The second-order valence-corrected chi connectivity index (χ2v) is 5.36. The molecule has 2 unspecified atom stereocenters. The number of rotatable bonds is 5. The van der Waals surface area contributed by atoms with Crippen molar-refractivity contribution in [1.29, 1.82) is 0 Å². The van der Waals surface area contributed by atoms with Crippen molar-refractivity contribution in [2.45, 2.75) is 39.3 Å². The number of carboxylic acids is 1. The standard InChI is InChI=1S/C15H18N2O5/c1-7-4-10-11(17-22-12(10)5-8(7)2)6-13(19)16-14(9(3)18)15(20)21/h4-5,9,14,18H,6H2,1-3H3,(H,16,19)(H,20,21). The Balaban J connectivity index is 2.18. The van der Waals surface area contributed by atoms with Gasteiger partial charge in [0.05, 0.1) is 12.5 Å². The fraction of sp³-hybridized carbons (Fsp3) is 0.400. The largest absolute Gasteiger partial charge is 0.480 e. The van der Waals surface area contributed by atoms with Crippen LogP contribution >= 0.6 is 0 Å². The molecule has 0 aliphatic carbocycles. The summed E-state index contributed by atoms with van der Waals surface area (Å²) in [5.41, 5.74) is 3.12. The van der Waals surface area contributed by atoms with Crippen LogP contribution in [-0.4, -0.2) is 39.4 Å². The number of nitrogens with one attached hydrogen (secondary N) is 1. The first-order valence-corrected chi connectivity index (χ1v) is 6.85. The van der Waals surface area contributed by atoms with Gasteiger partial charge in [0.1, 0.15) is 5.69 Å². The number of aliphatic hydroxyl groups is 1. The molecule has 0 spiro atoms. The minimum Gasteiger partial charge on any atom is -0.480 e. The molecule has 1 aromatic carbocycles. The van der Waals surface area contributed by atoms with E-state index < -0.39 is 24.0 Å². The van der Waals surface area contributed by atoms with Gasteiger partial charge in [-0.2, -0.15) is 0 Å². The Bertz CT molecular complexity index is 720. The van der Waals surface area contributed by atoms with E-state index in [1.54, 1.807) is 0 Å². The van der Waals surface area contributed by atoms with E-state index in [9.17, 15) is 14.7 Å². The molecule has 2 atom stereocenters. The summed E-state index contributed by atoms with van der Waals surface area (Å²) in [6.45, 7) is 5.19. The molecule has 1 aromatic heterocycles. The summed E-state index contributed by atoms with van der Waals surface area (Å²) in [7, 11) is 0. The first-order chi connectivity index (χ1) is 10.3. The Morgan fingerprint density at radius 2 is 1.95 bits per heavy atom. The zero-order chi connectivity index (χ0) is 16.4. The van der Waals surface area contributed by atoms with E-state index in [0.717, 1.165) is 16.5 Å². The van der Waals surface area contributed by atoms with Gasteiger partial charge in [0.25, 0.3) is 0 Å². The Labute approximate surface area is 126 Å². The molecule has 2 aromatic rings. The number of aryl methyl sites for hydroxylation is 2. The third-order valence-electron chi connectivity index (χ3n) is 3.55. The van der Waals surface area contributed by atoms with Crippen LogP contribution in [-0.2, 0) is 16.0 Å². The molecule has 0 fully saturated rings. The third-order valence-corrected chi connectivity index (χ3v) is 3.55. The van der Waals surface area contributed by atoms with E-state index in [2.05, 4.69) is 10.5 Å². The van der Waals surface area contributed by atoms with Crippen LogP contribution in [0.1, 0.15) is 23.7 Å². The summed E-state index contributed by atoms with van der Waals surface area (Å²) in [5.74, 6) is -1.83. The van der Waals surface area contributed by atoms with Crippen LogP contribution in [0.3, 0.4) is 0 Å². The van der Waals surface area contributed by atoms with Gasteiger partial charge in [-0.1, -0.05) is 5.16 Å². The molecular formula is C15H18N2O5. The lowest BCUT2D eigenvalue weighted by Gasteiger charge is -2.16. The van der Waals surface area contributed by atoms with Gasteiger partial charge in [0.2, 0.25) is 5.91 Å². The van der Waals surface area contributed by atoms with E-state index >= 15 is 0 Å². The van der Waals surface area contributed by atoms with Crippen LogP contribution in [0.15, 0.2) is 16.7 Å². The van der Waals surface area contributed by atoms with E-state index in [4.69, 9.17) is 9.63 Å². The van der Waals surface area contributed by atoms with Gasteiger partial charge < -0.3 is 20.1 Å². The van der Waals surface area contributed by atoms with Crippen molar-refractivity contribution in [3.05, 3.63) is 29.0 Å². The number of benzene rings is 1. The average Bonchev–Trinajstić information content (AvgIpc) is 2.78. The lowest BCUT2D eigenvalue weighted by atomic mass is 10.1. The lowest BCUT2D eigenvalue weighted by molar-refractivity contribution is -0.144. The maximum atomic E-state index is 12.0. The van der Waals surface area contributed by atoms with E-state index in [1.807, 2.05) is 26.0 Å². The molecule has 1 heterocycles. The van der Waals surface area contributed by atoms with Crippen LogP contribution < -0.4 is 5.32 Å². The highest BCUT2D eigenvalue weighted by atomic mass is 16.5. The third kappa shape index (κ3) is 3.25. The van der Waals surface area contributed by atoms with E-state index in [-0.39, 0.29) is 6.42 Å². The maximum absolute atomic E-state index is 12.0. The van der Waals surface area contributed by atoms with Crippen LogP contribution in [0.4, 0.5) is 0 Å². The Hall–Kier alpha value is -2.41. The second kappa shape index (κ2) is 6.15. The molecule has 0 radical (unpaired) electrons. The fourth-order valence-electron chi connectivity index (χ4n) is 2.14. The Kier molecular flexibility index (Phi) is 4.46. The fourth-order valence-corrected chi connectivity index (χ4v) is 2.14. The number of aromatic nitrogens is 1. The molecule has 7 heteroatoms. The number of hydrogen-bond donors (Lipinski definition) is 3. The summed E-state index contributed by atoms with van der Waals surface area (Å²) < 4.78 is 5.19. The molecule has 2 rings (SSSR count). The number of amides is 1. The molecule has 0 saturated carbocycles. The van der Waals surface area contributed by atoms with Crippen molar-refractivity contribution >= 4 is 22.8 Å². The monoisotopic (exact) mass is 306 g/mol. The highest BCUT2D eigenvalue weighted by Crippen LogP contribution is 2.22. The molecule has 22 heavy (non-hydrogen) atoms. The summed E-state index contributed by atoms with van der Waals surface area (Å²) in [6.07, 6.45) is -1.31. The number of nitrogens with zero attached hydrogens (tertiary/aromatic N) is 1. The SMILES string of the molecule is Cc1cc2onc(CC(=O)NC(C(=O)O)C(C)O)c2cc1C. The number of carboxylic acid groups (broad SMARTS) is 1. The zero-order valence-corrected chi connectivity index (χ0v) is 12.6. The molecule has 0 aliphatic heterocycles. The molecule has 0 bridgehead atoms. The molecule has 118 valence electrons. The van der Waals surface area contributed by atoms with Crippen LogP contribution in [0, 0.1) is 13.8 Å². The average molecular weight is 306 g/mol. The highest BCUT2D eigenvalue weighted by Gasteiger charge is 2.25. The Morgan fingerprint density at radius 1 is 1.32 bits per heavy atom. The van der Waals surface area contributed by atoms with Crippen molar-refractivity contribution in [2.75, 3.05) is 0 Å². The van der Waals surface area contributed by atoms with Crippen LogP contribution in [0.25, 0.3) is 11.0 Å². The molecule has 7 nitrogen and oxygen atoms in total. The van der Waals surface area contributed by atoms with Gasteiger partial charge in [-0.15, -0.1) is 0 Å². The van der Waals surface area contributed by atoms with Gasteiger partial charge in [0, 0.05) is 5.39 Å². The maximum Gasteiger partial charge on any atom is 0.328 e. The predicted molar refractivity (Wildman–Crippen MR) is 78.4 cm³/mol. The van der Waals surface area contributed by atoms with Crippen molar-refractivity contribution in [1.82, 2.24) is 10.5 Å². The topological polar surface area (TPSA) is 113 Å². The van der Waals surface area contributed by atoms with Gasteiger partial charge in [0.15, 0.2) is 11.6 Å². The van der Waals surface area contributed by atoms with Crippen LogP contribution in [0.2, 0.25) is 0 Å². The number of aliphatic hydroxyl groups excluding tert-OH is 1. The summed E-state index contributed by atoms with van der Waals surface area (Å²) in [5, 5.41) is 25.2. The number of carbonyl (C=O) groups is 2. The smallest absolute Gasteiger partial charge is 0.328 e. The Morgan fingerprint density at radius 3 is 2.55 bits per heavy atom. The number of hydrogen-bond acceptors (Lipinski definition) is 5. The van der Waals surface area contributed by atoms with Crippen molar-refractivity contribution < 1.29 is 24.3 Å². The first kappa shape index (κ1) is 16.0. The van der Waals surface area contributed by atoms with E-state index in [0.29, 0.717) is 11.3 Å². The summed E-state index contributed by atoms with van der Waals surface area (Å²) in [6, 6.07) is 2.37. The number of aliphatic carboxylic acids is 1. The lowest BCUT2D eigenvalue weighted by Crippen LogP contribution is -2.48. The first-order valence-electron chi connectivity index (χ1n) is 6.85. The van der Waals surface area contributed by atoms with E-state index in [1.165, 1.54) is 6.92 Å². The predicted octanol–water partition coefficient (Wildman–Crippen LogP) is 0.937.